The molecule has 246 valence electrons. The van der Waals surface area contributed by atoms with Gasteiger partial charge in [-0.1, -0.05) is 96.8 Å². The molecule has 0 rings (SSSR count). The van der Waals surface area contributed by atoms with Gasteiger partial charge in [-0.05, 0) is 6.42 Å². The first kappa shape index (κ1) is 40.5. The van der Waals surface area contributed by atoms with Crippen LogP contribution in [0.2, 0.25) is 0 Å². The molecule has 0 fully saturated rings. The summed E-state index contributed by atoms with van der Waals surface area (Å²) in [6.45, 7) is 8.68. The second kappa shape index (κ2) is 37.5. The van der Waals surface area contributed by atoms with Gasteiger partial charge >= 0.3 is 5.97 Å². The van der Waals surface area contributed by atoms with Gasteiger partial charge in [-0.25, -0.2) is 0 Å². The zero-order valence-electron chi connectivity index (χ0n) is 26.4. The van der Waals surface area contributed by atoms with E-state index < -0.39 is 0 Å². The Hall–Kier alpha value is -0.480. The summed E-state index contributed by atoms with van der Waals surface area (Å²) >= 11 is 5.51. The zero-order valence-corrected chi connectivity index (χ0v) is 27.1. The molecule has 41 heavy (non-hydrogen) atoms. The quantitative estimate of drug-likeness (QED) is 0.0421. The van der Waals surface area contributed by atoms with Gasteiger partial charge in [0.25, 0.3) is 0 Å². The van der Waals surface area contributed by atoms with Crippen LogP contribution in [0.15, 0.2) is 0 Å². The lowest BCUT2D eigenvalue weighted by atomic mass is 10.0. The van der Waals surface area contributed by atoms with Crippen molar-refractivity contribution < 1.29 is 38.0 Å². The van der Waals surface area contributed by atoms with Crippen molar-refractivity contribution in [3.05, 3.63) is 0 Å². The van der Waals surface area contributed by atoms with E-state index in [9.17, 15) is 4.79 Å². The van der Waals surface area contributed by atoms with Crippen molar-refractivity contribution in [2.75, 3.05) is 91.8 Å². The normalized spacial score (nSPS) is 11.4. The maximum absolute atomic E-state index is 11.8. The van der Waals surface area contributed by atoms with E-state index in [1.807, 2.05) is 0 Å². The van der Waals surface area contributed by atoms with E-state index >= 15 is 0 Å². The zero-order chi connectivity index (χ0) is 29.7. The van der Waals surface area contributed by atoms with Crippen LogP contribution in [0.25, 0.3) is 0 Å². The highest BCUT2D eigenvalue weighted by atomic mass is 35.5. The van der Waals surface area contributed by atoms with Gasteiger partial charge in [-0.2, -0.15) is 0 Å². The van der Waals surface area contributed by atoms with Crippen LogP contribution < -0.4 is 0 Å². The molecule has 0 aromatic carbocycles. The van der Waals surface area contributed by atoms with E-state index in [2.05, 4.69) is 6.92 Å². The standard InChI is InChI=1S/C32H63ClO8/c1-2-3-4-5-6-7-8-9-10-11-12-13-14-15-16-17-32(34)41-31-30-40-29-28-39-27-26-38-25-24-37-23-22-36-21-20-35-19-18-33/h2-31H2,1H3. The Labute approximate surface area is 256 Å². The van der Waals surface area contributed by atoms with E-state index in [1.54, 1.807) is 0 Å². The first-order valence-corrected chi connectivity index (χ1v) is 17.0. The van der Waals surface area contributed by atoms with Crippen LogP contribution >= 0.6 is 11.6 Å². The minimum atomic E-state index is -0.124. The first-order valence-electron chi connectivity index (χ1n) is 16.5. The highest BCUT2D eigenvalue weighted by molar-refractivity contribution is 6.17. The number of carbonyl (C=O) groups is 1. The van der Waals surface area contributed by atoms with Crippen molar-refractivity contribution >= 4 is 17.6 Å². The van der Waals surface area contributed by atoms with Crippen molar-refractivity contribution in [2.24, 2.45) is 0 Å². The van der Waals surface area contributed by atoms with E-state index in [0.717, 1.165) is 12.8 Å². The van der Waals surface area contributed by atoms with Crippen LogP contribution in [0, 0.1) is 0 Å². The van der Waals surface area contributed by atoms with E-state index in [0.29, 0.717) is 98.2 Å². The fraction of sp³-hybridized carbons (Fsp3) is 0.969. The number of ether oxygens (including phenoxy) is 7. The first-order chi connectivity index (χ1) is 20.3. The summed E-state index contributed by atoms with van der Waals surface area (Å²) in [7, 11) is 0. The van der Waals surface area contributed by atoms with Gasteiger partial charge in [0.05, 0.1) is 79.3 Å². The minimum Gasteiger partial charge on any atom is -0.463 e. The van der Waals surface area contributed by atoms with Gasteiger partial charge < -0.3 is 33.2 Å². The molecule has 0 aliphatic heterocycles. The summed E-state index contributed by atoms with van der Waals surface area (Å²) in [5.74, 6) is 0.376. The van der Waals surface area contributed by atoms with Crippen LogP contribution in [0.4, 0.5) is 0 Å². The SMILES string of the molecule is CCCCCCCCCCCCCCCCCC(=O)OCCOCCOCCOCCOCCOCCOCCCl. The molecule has 0 aliphatic carbocycles. The van der Waals surface area contributed by atoms with Crippen molar-refractivity contribution in [3.8, 4) is 0 Å². The number of alkyl halides is 1. The molecule has 0 amide bonds. The molecule has 0 heterocycles. The van der Waals surface area contributed by atoms with Crippen LogP contribution in [-0.2, 0) is 38.0 Å². The monoisotopic (exact) mass is 610 g/mol. The predicted molar refractivity (Wildman–Crippen MR) is 166 cm³/mol. The lowest BCUT2D eigenvalue weighted by molar-refractivity contribution is -0.145. The Morgan fingerprint density at radius 2 is 0.707 bits per heavy atom. The number of unbranched alkanes of at least 4 members (excludes halogenated alkanes) is 14. The molecule has 0 saturated heterocycles. The second-order valence-corrected chi connectivity index (χ2v) is 10.7. The predicted octanol–water partition coefficient (Wildman–Crippen LogP) is 7.13. The average molecular weight is 611 g/mol. The Kier molecular flexibility index (Phi) is 37.1. The molecule has 0 aromatic heterocycles. The molecule has 0 aliphatic rings. The summed E-state index contributed by atoms with van der Waals surface area (Å²) < 4.78 is 37.6. The Morgan fingerprint density at radius 1 is 0.415 bits per heavy atom. The molecular formula is C32H63ClO8. The molecule has 0 aromatic rings. The van der Waals surface area contributed by atoms with Gasteiger partial charge in [0.1, 0.15) is 6.61 Å². The third-order valence-electron chi connectivity index (χ3n) is 6.56. The fourth-order valence-electron chi connectivity index (χ4n) is 4.18. The Bertz CT molecular complexity index is 498. The largest absolute Gasteiger partial charge is 0.463 e. The fourth-order valence-corrected chi connectivity index (χ4v) is 4.29. The van der Waals surface area contributed by atoms with Crippen LogP contribution in [-0.4, -0.2) is 97.7 Å². The summed E-state index contributed by atoms with van der Waals surface area (Å²) in [4.78, 5) is 11.8. The maximum atomic E-state index is 11.8. The Morgan fingerprint density at radius 3 is 1.05 bits per heavy atom. The number of hydrogen-bond donors (Lipinski definition) is 0. The van der Waals surface area contributed by atoms with Gasteiger partial charge in [0.2, 0.25) is 0 Å². The van der Waals surface area contributed by atoms with Gasteiger partial charge in [0, 0.05) is 12.3 Å². The van der Waals surface area contributed by atoms with Crippen molar-refractivity contribution in [3.63, 3.8) is 0 Å². The highest BCUT2D eigenvalue weighted by Gasteiger charge is 2.03. The van der Waals surface area contributed by atoms with Crippen LogP contribution in [0.5, 0.6) is 0 Å². The third kappa shape index (κ3) is 37.5. The lowest BCUT2D eigenvalue weighted by Gasteiger charge is -2.08. The van der Waals surface area contributed by atoms with E-state index in [1.165, 1.54) is 83.5 Å². The number of carbonyl (C=O) groups excluding carboxylic acids is 1. The molecular weight excluding hydrogens is 548 g/mol. The summed E-state index contributed by atoms with van der Waals surface area (Å²) in [6.07, 6.45) is 20.3. The molecule has 0 atom stereocenters. The molecule has 0 spiro atoms. The number of hydrogen-bond acceptors (Lipinski definition) is 8. The minimum absolute atomic E-state index is 0.124. The smallest absolute Gasteiger partial charge is 0.305 e. The van der Waals surface area contributed by atoms with Gasteiger partial charge in [0.15, 0.2) is 0 Å². The summed E-state index contributed by atoms with van der Waals surface area (Å²) in [5, 5.41) is 0. The number of halogens is 1. The second-order valence-electron chi connectivity index (χ2n) is 10.3. The number of esters is 1. The molecule has 0 N–H and O–H groups in total. The van der Waals surface area contributed by atoms with Crippen molar-refractivity contribution in [1.29, 1.82) is 0 Å². The van der Waals surface area contributed by atoms with Crippen molar-refractivity contribution in [1.82, 2.24) is 0 Å². The Balaban J connectivity index is 3.14. The molecule has 0 bridgehead atoms. The van der Waals surface area contributed by atoms with Gasteiger partial charge in [-0.15, -0.1) is 11.6 Å². The van der Waals surface area contributed by atoms with E-state index in [-0.39, 0.29) is 5.97 Å². The summed E-state index contributed by atoms with van der Waals surface area (Å²) in [6, 6.07) is 0. The summed E-state index contributed by atoms with van der Waals surface area (Å²) in [5.41, 5.74) is 0. The lowest BCUT2D eigenvalue weighted by Crippen LogP contribution is -2.15. The molecule has 0 saturated carbocycles. The van der Waals surface area contributed by atoms with Crippen LogP contribution in [0.3, 0.4) is 0 Å². The molecule has 8 nitrogen and oxygen atoms in total. The average Bonchev–Trinajstić information content (AvgIpc) is 2.98. The molecule has 0 radical (unpaired) electrons. The highest BCUT2D eigenvalue weighted by Crippen LogP contribution is 2.13. The third-order valence-corrected chi connectivity index (χ3v) is 6.71. The molecule has 9 heteroatoms. The van der Waals surface area contributed by atoms with E-state index in [4.69, 9.17) is 44.8 Å². The van der Waals surface area contributed by atoms with Crippen LogP contribution in [0.1, 0.15) is 110 Å². The number of rotatable bonds is 36. The maximum Gasteiger partial charge on any atom is 0.305 e. The van der Waals surface area contributed by atoms with Crippen molar-refractivity contribution in [2.45, 2.75) is 110 Å². The van der Waals surface area contributed by atoms with Gasteiger partial charge in [-0.3, -0.25) is 4.79 Å². The topological polar surface area (TPSA) is 81.7 Å². The molecule has 0 unspecified atom stereocenters.